The molecule has 0 unspecified atom stereocenters. The number of hydrogen-bond acceptors (Lipinski definition) is 5. The maximum Gasteiger partial charge on any atom is 0.214 e. The van der Waals surface area contributed by atoms with Crippen molar-refractivity contribution in [1.82, 2.24) is 9.29 Å². The molecular weight excluding hydrogens is 304 g/mol. The van der Waals surface area contributed by atoms with Crippen LogP contribution in [0.5, 0.6) is 5.75 Å². The summed E-state index contributed by atoms with van der Waals surface area (Å²) in [5.41, 5.74) is 0. The van der Waals surface area contributed by atoms with Crippen LogP contribution in [0, 0.1) is 0 Å². The summed E-state index contributed by atoms with van der Waals surface area (Å²) in [5.74, 6) is 0.898. The molecule has 1 aromatic rings. The Hall–Kier alpha value is -1.18. The number of rotatable bonds is 5. The molecule has 1 aliphatic carbocycles. The van der Waals surface area contributed by atoms with Crippen molar-refractivity contribution < 1.29 is 17.9 Å². The van der Waals surface area contributed by atoms with Gasteiger partial charge >= 0.3 is 0 Å². The first-order valence-corrected chi connectivity index (χ1v) is 9.40. The van der Waals surface area contributed by atoms with E-state index in [9.17, 15) is 8.42 Å². The fraction of sp³-hybridized carbons (Fsp3) is 0.667. The van der Waals surface area contributed by atoms with Gasteiger partial charge in [0, 0.05) is 12.7 Å². The van der Waals surface area contributed by atoms with Gasteiger partial charge in [-0.1, -0.05) is 6.92 Å². The highest BCUT2D eigenvalue weighted by Gasteiger charge is 2.47. The van der Waals surface area contributed by atoms with Crippen LogP contribution in [0.3, 0.4) is 0 Å². The van der Waals surface area contributed by atoms with Gasteiger partial charge in [0.05, 0.1) is 24.6 Å². The Labute approximate surface area is 131 Å². The van der Waals surface area contributed by atoms with Gasteiger partial charge in [-0.25, -0.2) is 8.42 Å². The standard InChI is InChI=1S/C15H22N2O4S/c1-2-10-22(18,19)17-8-9-20-15-13(17)5-6-14(15)21-12-4-3-7-16-11-12/h3-4,7,11,13-15H,2,5-6,8-10H2,1H3/t13-,14-,15+/m1/s1. The van der Waals surface area contributed by atoms with Crippen LogP contribution in [0.25, 0.3) is 0 Å². The summed E-state index contributed by atoms with van der Waals surface area (Å²) >= 11 is 0. The molecule has 6 nitrogen and oxygen atoms in total. The molecule has 2 aliphatic rings. The lowest BCUT2D eigenvalue weighted by Crippen LogP contribution is -2.54. The van der Waals surface area contributed by atoms with E-state index in [2.05, 4.69) is 4.98 Å². The zero-order valence-electron chi connectivity index (χ0n) is 12.7. The number of pyridine rings is 1. The zero-order valence-corrected chi connectivity index (χ0v) is 13.5. The molecule has 2 fully saturated rings. The average Bonchev–Trinajstić information content (AvgIpc) is 2.91. The molecule has 1 aromatic heterocycles. The molecule has 122 valence electrons. The molecule has 3 atom stereocenters. The number of morpholine rings is 1. The topological polar surface area (TPSA) is 68.7 Å². The van der Waals surface area contributed by atoms with Crippen molar-refractivity contribution in [3.63, 3.8) is 0 Å². The summed E-state index contributed by atoms with van der Waals surface area (Å²) < 4.78 is 38.3. The number of aromatic nitrogens is 1. The van der Waals surface area contributed by atoms with Gasteiger partial charge in [0.15, 0.2) is 0 Å². The Balaban J connectivity index is 1.73. The van der Waals surface area contributed by atoms with Gasteiger partial charge < -0.3 is 9.47 Å². The van der Waals surface area contributed by atoms with Crippen LogP contribution in [-0.4, -0.2) is 54.9 Å². The molecule has 0 N–H and O–H groups in total. The minimum atomic E-state index is -3.20. The molecule has 0 bridgehead atoms. The van der Waals surface area contributed by atoms with Gasteiger partial charge in [0.2, 0.25) is 10.0 Å². The van der Waals surface area contributed by atoms with E-state index in [1.807, 2.05) is 19.1 Å². The van der Waals surface area contributed by atoms with E-state index < -0.39 is 10.0 Å². The van der Waals surface area contributed by atoms with Crippen molar-refractivity contribution in [3.05, 3.63) is 24.5 Å². The Bertz CT molecular complexity index is 593. The maximum absolute atomic E-state index is 12.4. The lowest BCUT2D eigenvalue weighted by atomic mass is 10.1. The van der Waals surface area contributed by atoms with Crippen LogP contribution in [0.4, 0.5) is 0 Å². The molecule has 1 saturated heterocycles. The molecule has 0 spiro atoms. The minimum Gasteiger partial charge on any atom is -0.486 e. The second kappa shape index (κ2) is 6.52. The van der Waals surface area contributed by atoms with Crippen molar-refractivity contribution in [3.8, 4) is 5.75 Å². The van der Waals surface area contributed by atoms with Gasteiger partial charge in [-0.05, 0) is 31.4 Å². The molecule has 22 heavy (non-hydrogen) atoms. The van der Waals surface area contributed by atoms with Gasteiger partial charge in [0.25, 0.3) is 0 Å². The van der Waals surface area contributed by atoms with Gasteiger partial charge in [0.1, 0.15) is 18.0 Å². The monoisotopic (exact) mass is 326 g/mol. The summed E-state index contributed by atoms with van der Waals surface area (Å²) in [6.07, 6.45) is 5.25. The van der Waals surface area contributed by atoms with Crippen LogP contribution in [0.1, 0.15) is 26.2 Å². The fourth-order valence-electron chi connectivity index (χ4n) is 3.32. The summed E-state index contributed by atoms with van der Waals surface area (Å²) in [6, 6.07) is 3.57. The van der Waals surface area contributed by atoms with Crippen molar-refractivity contribution in [2.45, 2.75) is 44.4 Å². The van der Waals surface area contributed by atoms with Crippen LogP contribution in [0.15, 0.2) is 24.5 Å². The SMILES string of the molecule is CCCS(=O)(=O)N1CCO[C@H]2[C@H]1CC[C@H]2Oc1cccnc1. The second-order valence-electron chi connectivity index (χ2n) is 5.75. The quantitative estimate of drug-likeness (QED) is 0.819. The molecule has 0 aromatic carbocycles. The van der Waals surface area contributed by atoms with Crippen LogP contribution in [0.2, 0.25) is 0 Å². The van der Waals surface area contributed by atoms with Gasteiger partial charge in [-0.15, -0.1) is 0 Å². The fourth-order valence-corrected chi connectivity index (χ4v) is 5.06. The number of hydrogen-bond donors (Lipinski definition) is 0. The third-order valence-corrected chi connectivity index (χ3v) is 6.32. The molecule has 0 radical (unpaired) electrons. The first-order valence-electron chi connectivity index (χ1n) is 7.79. The predicted octanol–water partition coefficient (Wildman–Crippen LogP) is 1.43. The van der Waals surface area contributed by atoms with E-state index >= 15 is 0 Å². The summed E-state index contributed by atoms with van der Waals surface area (Å²) in [5, 5.41) is 0. The number of ether oxygens (including phenoxy) is 2. The molecule has 2 heterocycles. The minimum absolute atomic E-state index is 0.105. The Kier molecular flexibility index (Phi) is 4.65. The highest BCUT2D eigenvalue weighted by molar-refractivity contribution is 7.89. The van der Waals surface area contributed by atoms with E-state index in [1.165, 1.54) is 0 Å². The van der Waals surface area contributed by atoms with Gasteiger partial charge in [-0.3, -0.25) is 4.98 Å². The van der Waals surface area contributed by atoms with E-state index in [0.29, 0.717) is 25.3 Å². The van der Waals surface area contributed by atoms with Crippen molar-refractivity contribution in [1.29, 1.82) is 0 Å². The maximum atomic E-state index is 12.4. The molecular formula is C15H22N2O4S. The van der Waals surface area contributed by atoms with Crippen LogP contribution < -0.4 is 4.74 Å². The van der Waals surface area contributed by atoms with Crippen molar-refractivity contribution >= 4 is 10.0 Å². The Morgan fingerprint density at radius 3 is 3.05 bits per heavy atom. The third-order valence-electron chi connectivity index (χ3n) is 4.23. The van der Waals surface area contributed by atoms with E-state index in [4.69, 9.17) is 9.47 Å². The third kappa shape index (κ3) is 3.11. The van der Waals surface area contributed by atoms with E-state index in [0.717, 1.165) is 12.8 Å². The van der Waals surface area contributed by atoms with Crippen molar-refractivity contribution in [2.75, 3.05) is 18.9 Å². The summed E-state index contributed by atoms with van der Waals surface area (Å²) in [4.78, 5) is 4.04. The summed E-state index contributed by atoms with van der Waals surface area (Å²) in [6.45, 7) is 2.76. The lowest BCUT2D eigenvalue weighted by Gasteiger charge is -2.38. The molecule has 3 rings (SSSR count). The van der Waals surface area contributed by atoms with Gasteiger partial charge in [-0.2, -0.15) is 4.31 Å². The first-order chi connectivity index (χ1) is 10.6. The smallest absolute Gasteiger partial charge is 0.214 e. The number of sulfonamides is 1. The van der Waals surface area contributed by atoms with E-state index in [-0.39, 0.29) is 24.0 Å². The van der Waals surface area contributed by atoms with E-state index in [1.54, 1.807) is 16.7 Å². The largest absolute Gasteiger partial charge is 0.486 e. The Morgan fingerprint density at radius 1 is 1.45 bits per heavy atom. The summed E-state index contributed by atoms with van der Waals surface area (Å²) in [7, 11) is -3.20. The lowest BCUT2D eigenvalue weighted by molar-refractivity contribution is -0.0660. The highest BCUT2D eigenvalue weighted by Crippen LogP contribution is 2.34. The second-order valence-corrected chi connectivity index (χ2v) is 7.79. The number of nitrogens with zero attached hydrogens (tertiary/aromatic N) is 2. The van der Waals surface area contributed by atoms with Crippen LogP contribution in [-0.2, 0) is 14.8 Å². The average molecular weight is 326 g/mol. The first kappa shape index (κ1) is 15.7. The highest BCUT2D eigenvalue weighted by atomic mass is 32.2. The van der Waals surface area contributed by atoms with Crippen LogP contribution >= 0.6 is 0 Å². The molecule has 1 saturated carbocycles. The zero-order chi connectivity index (χ0) is 15.6. The predicted molar refractivity (Wildman–Crippen MR) is 82.2 cm³/mol. The molecule has 7 heteroatoms. The number of fused-ring (bicyclic) bond motifs is 1. The normalized spacial score (nSPS) is 29.2. The van der Waals surface area contributed by atoms with Crippen molar-refractivity contribution in [2.24, 2.45) is 0 Å². The Morgan fingerprint density at radius 2 is 2.32 bits per heavy atom. The molecule has 0 amide bonds. The molecule has 1 aliphatic heterocycles.